The average molecular weight is 336 g/mol. The predicted octanol–water partition coefficient (Wildman–Crippen LogP) is 3.61. The maximum atomic E-state index is 10.9. The Bertz CT molecular complexity index is 422. The summed E-state index contributed by atoms with van der Waals surface area (Å²) in [5.74, 6) is 1.62. The molecule has 0 spiro atoms. The van der Waals surface area contributed by atoms with Gasteiger partial charge in [-0.2, -0.15) is 0 Å². The minimum absolute atomic E-state index is 0.687. The fraction of sp³-hybridized carbons (Fsp3) is 0.462. The van der Waals surface area contributed by atoms with E-state index >= 15 is 0 Å². The summed E-state index contributed by atoms with van der Waals surface area (Å²) in [5.41, 5.74) is 1.21. The van der Waals surface area contributed by atoms with Crippen LogP contribution in [0.25, 0.3) is 0 Å². The summed E-state index contributed by atoms with van der Waals surface area (Å²) in [4.78, 5) is 0. The van der Waals surface area contributed by atoms with Crippen LogP contribution in [0.1, 0.15) is 18.4 Å². The molecule has 0 amide bonds. The molecule has 0 bridgehead atoms. The van der Waals surface area contributed by atoms with Crippen molar-refractivity contribution in [3.63, 3.8) is 0 Å². The summed E-state index contributed by atoms with van der Waals surface area (Å²) in [7, 11) is -0.687. The Kier molecular flexibility index (Phi) is 8.70. The largest absolute Gasteiger partial charge is 0.371 e. The van der Waals surface area contributed by atoms with Crippen LogP contribution in [0.3, 0.4) is 0 Å². The van der Waals surface area contributed by atoms with Gasteiger partial charge in [-0.15, -0.1) is 0 Å². The van der Waals surface area contributed by atoms with Gasteiger partial charge in [-0.1, -0.05) is 47.7 Å². The second kappa shape index (κ2) is 9.75. The van der Waals surface area contributed by atoms with Gasteiger partial charge in [0.2, 0.25) is 0 Å². The fourth-order valence-corrected chi connectivity index (χ4v) is 3.11. The highest BCUT2D eigenvalue weighted by Crippen LogP contribution is 2.16. The standard InChI is InChI=1S/C13H18ClNOS3/c1-19(16)9-3-2-8-15-13(17)18-10-11-4-6-12(14)7-5-11/h4-7H,2-3,8-10H2,1H3,(H,15,17). The monoisotopic (exact) mass is 335 g/mol. The first-order chi connectivity index (χ1) is 9.08. The van der Waals surface area contributed by atoms with E-state index in [0.29, 0.717) is 0 Å². The lowest BCUT2D eigenvalue weighted by molar-refractivity contribution is 0.680. The lowest BCUT2D eigenvalue weighted by atomic mass is 10.2. The molecule has 0 radical (unpaired) electrons. The Balaban J connectivity index is 2.11. The van der Waals surface area contributed by atoms with Crippen molar-refractivity contribution in [3.8, 4) is 0 Å². The van der Waals surface area contributed by atoms with Gasteiger partial charge < -0.3 is 5.32 Å². The summed E-state index contributed by atoms with van der Waals surface area (Å²) in [6.45, 7) is 0.851. The Morgan fingerprint density at radius 1 is 1.37 bits per heavy atom. The van der Waals surface area contributed by atoms with E-state index in [1.165, 1.54) is 5.56 Å². The van der Waals surface area contributed by atoms with E-state index in [4.69, 9.17) is 23.8 Å². The van der Waals surface area contributed by atoms with E-state index in [9.17, 15) is 4.21 Å². The Morgan fingerprint density at radius 2 is 2.05 bits per heavy atom. The van der Waals surface area contributed by atoms with Crippen LogP contribution in [0.4, 0.5) is 0 Å². The van der Waals surface area contributed by atoms with Crippen LogP contribution in [-0.4, -0.2) is 27.1 Å². The molecule has 1 N–H and O–H groups in total. The molecule has 19 heavy (non-hydrogen) atoms. The van der Waals surface area contributed by atoms with Crippen LogP contribution in [0.15, 0.2) is 24.3 Å². The molecule has 106 valence electrons. The van der Waals surface area contributed by atoms with Gasteiger partial charge >= 0.3 is 0 Å². The molecule has 0 aromatic heterocycles. The minimum Gasteiger partial charge on any atom is -0.371 e. The molecule has 0 aliphatic carbocycles. The van der Waals surface area contributed by atoms with Crippen LogP contribution >= 0.6 is 35.6 Å². The normalized spacial score (nSPS) is 12.1. The van der Waals surface area contributed by atoms with Crippen molar-refractivity contribution < 1.29 is 4.21 Å². The van der Waals surface area contributed by atoms with Gasteiger partial charge in [-0.3, -0.25) is 4.21 Å². The molecule has 0 saturated carbocycles. The molecular formula is C13H18ClNOS3. The third kappa shape index (κ3) is 8.63. The Hall–Kier alpha value is -0.100. The van der Waals surface area contributed by atoms with Gasteiger partial charge in [0.15, 0.2) is 0 Å². The van der Waals surface area contributed by atoms with Gasteiger partial charge in [0.05, 0.1) is 0 Å². The SMILES string of the molecule is CS(=O)CCCCNC(=S)SCc1ccc(Cl)cc1. The smallest absolute Gasteiger partial charge is 0.134 e. The quantitative estimate of drug-likeness (QED) is 0.609. The van der Waals surface area contributed by atoms with E-state index in [1.54, 1.807) is 18.0 Å². The number of hydrogen-bond donors (Lipinski definition) is 1. The third-order valence-electron chi connectivity index (χ3n) is 2.41. The topological polar surface area (TPSA) is 29.1 Å². The summed E-state index contributed by atoms with van der Waals surface area (Å²) < 4.78 is 11.7. The number of halogens is 1. The Labute approximate surface area is 132 Å². The minimum atomic E-state index is -0.687. The molecule has 1 unspecified atom stereocenters. The van der Waals surface area contributed by atoms with Crippen molar-refractivity contribution >= 4 is 50.7 Å². The van der Waals surface area contributed by atoms with Crippen LogP contribution in [0, 0.1) is 0 Å². The second-order valence-electron chi connectivity index (χ2n) is 4.11. The van der Waals surface area contributed by atoms with Crippen LogP contribution in [0.2, 0.25) is 5.02 Å². The summed E-state index contributed by atoms with van der Waals surface area (Å²) in [5, 5.41) is 3.96. The third-order valence-corrected chi connectivity index (χ3v) is 4.91. The number of rotatable bonds is 7. The highest BCUT2D eigenvalue weighted by atomic mass is 35.5. The predicted molar refractivity (Wildman–Crippen MR) is 91.5 cm³/mol. The second-order valence-corrected chi connectivity index (χ2v) is 7.76. The number of unbranched alkanes of at least 4 members (excludes halogenated alkanes) is 1. The van der Waals surface area contributed by atoms with Gasteiger partial charge in [0.1, 0.15) is 4.32 Å². The molecule has 0 heterocycles. The highest BCUT2D eigenvalue weighted by Gasteiger charge is 1.99. The maximum Gasteiger partial charge on any atom is 0.134 e. The molecule has 2 nitrogen and oxygen atoms in total. The van der Waals surface area contributed by atoms with E-state index in [1.807, 2.05) is 24.3 Å². The number of benzene rings is 1. The first-order valence-electron chi connectivity index (χ1n) is 6.03. The number of thiocarbonyl (C=S) groups is 1. The van der Waals surface area contributed by atoms with E-state index in [-0.39, 0.29) is 0 Å². The van der Waals surface area contributed by atoms with Gasteiger partial charge in [0.25, 0.3) is 0 Å². The molecule has 0 aliphatic rings. The molecule has 1 aromatic carbocycles. The van der Waals surface area contributed by atoms with Crippen molar-refractivity contribution in [3.05, 3.63) is 34.9 Å². The van der Waals surface area contributed by atoms with Crippen molar-refractivity contribution in [2.45, 2.75) is 18.6 Å². The number of thioether (sulfide) groups is 1. The molecule has 0 aliphatic heterocycles. The molecule has 1 atom stereocenters. The summed E-state index contributed by atoms with van der Waals surface area (Å²) in [6, 6.07) is 7.79. The van der Waals surface area contributed by atoms with Gasteiger partial charge in [0, 0.05) is 40.1 Å². The first-order valence-corrected chi connectivity index (χ1v) is 9.53. The van der Waals surface area contributed by atoms with Crippen molar-refractivity contribution in [2.24, 2.45) is 0 Å². The van der Waals surface area contributed by atoms with E-state index in [2.05, 4.69) is 5.32 Å². The maximum absolute atomic E-state index is 10.9. The number of hydrogen-bond acceptors (Lipinski definition) is 3. The highest BCUT2D eigenvalue weighted by molar-refractivity contribution is 8.22. The average Bonchev–Trinajstić information content (AvgIpc) is 2.37. The molecular weight excluding hydrogens is 318 g/mol. The molecule has 1 rings (SSSR count). The van der Waals surface area contributed by atoms with E-state index in [0.717, 1.165) is 40.2 Å². The lowest BCUT2D eigenvalue weighted by Gasteiger charge is -2.07. The molecule has 0 fully saturated rings. The van der Waals surface area contributed by atoms with Crippen molar-refractivity contribution in [1.29, 1.82) is 0 Å². The molecule has 6 heteroatoms. The van der Waals surface area contributed by atoms with E-state index < -0.39 is 10.8 Å². The zero-order valence-electron chi connectivity index (χ0n) is 10.9. The van der Waals surface area contributed by atoms with Crippen molar-refractivity contribution in [1.82, 2.24) is 5.32 Å². The zero-order valence-corrected chi connectivity index (χ0v) is 14.1. The van der Waals surface area contributed by atoms with Gasteiger partial charge in [-0.05, 0) is 30.5 Å². The molecule has 0 saturated heterocycles. The van der Waals surface area contributed by atoms with Crippen molar-refractivity contribution in [2.75, 3.05) is 18.6 Å². The fourth-order valence-electron chi connectivity index (χ4n) is 1.40. The van der Waals surface area contributed by atoms with Crippen LogP contribution in [-0.2, 0) is 16.6 Å². The van der Waals surface area contributed by atoms with Crippen LogP contribution in [0.5, 0.6) is 0 Å². The molecule has 1 aromatic rings. The lowest BCUT2D eigenvalue weighted by Crippen LogP contribution is -2.20. The van der Waals surface area contributed by atoms with Crippen LogP contribution < -0.4 is 5.32 Å². The first kappa shape index (κ1) is 17.0. The van der Waals surface area contributed by atoms with Gasteiger partial charge in [-0.25, -0.2) is 0 Å². The zero-order chi connectivity index (χ0) is 14.1. The number of nitrogens with one attached hydrogen (secondary N) is 1. The summed E-state index contributed by atoms with van der Waals surface area (Å²) in [6.07, 6.45) is 3.71. The Morgan fingerprint density at radius 3 is 2.68 bits per heavy atom. The summed E-state index contributed by atoms with van der Waals surface area (Å²) >= 11 is 12.7.